The van der Waals surface area contributed by atoms with Gasteiger partial charge in [0.25, 0.3) is 0 Å². The van der Waals surface area contributed by atoms with Gasteiger partial charge in [-0.05, 0) is 86.8 Å². The number of nitrogens with one attached hydrogen (secondary N) is 2. The lowest BCUT2D eigenvalue weighted by molar-refractivity contribution is 0.179. The smallest absolute Gasteiger partial charge is 0.181 e. The number of fused-ring (bicyclic) bond motifs is 2. The summed E-state index contributed by atoms with van der Waals surface area (Å²) in [7, 11) is -0.892. The van der Waals surface area contributed by atoms with Crippen molar-refractivity contribution in [2.75, 3.05) is 13.2 Å². The molecule has 0 bridgehead atoms. The lowest BCUT2D eigenvalue weighted by atomic mass is 9.90. The van der Waals surface area contributed by atoms with E-state index in [0.29, 0.717) is 16.9 Å². The highest BCUT2D eigenvalue weighted by atomic mass is 32.2. The maximum absolute atomic E-state index is 12.5. The lowest BCUT2D eigenvalue weighted by Gasteiger charge is -2.32. The van der Waals surface area contributed by atoms with Crippen LogP contribution in [0.3, 0.4) is 0 Å². The number of aryl methyl sites for hydroxylation is 2. The van der Waals surface area contributed by atoms with E-state index in [2.05, 4.69) is 51.7 Å². The van der Waals surface area contributed by atoms with Crippen LogP contribution >= 0.6 is 0 Å². The minimum atomic E-state index is -0.892. The predicted octanol–water partition coefficient (Wildman–Crippen LogP) is 5.58. The Bertz CT molecular complexity index is 1500. The van der Waals surface area contributed by atoms with Gasteiger partial charge in [0.1, 0.15) is 0 Å². The Hall–Kier alpha value is -2.87. The average Bonchev–Trinajstić information content (AvgIpc) is 3.56. The van der Waals surface area contributed by atoms with Gasteiger partial charge in [-0.3, -0.25) is 9.31 Å². The quantitative estimate of drug-likeness (QED) is 0.321. The second kappa shape index (κ2) is 9.70. The molecule has 2 fully saturated rings. The highest BCUT2D eigenvalue weighted by Crippen LogP contribution is 2.35. The van der Waals surface area contributed by atoms with Gasteiger partial charge in [0.05, 0.1) is 23.1 Å². The van der Waals surface area contributed by atoms with Crippen LogP contribution in [0.25, 0.3) is 33.4 Å². The highest BCUT2D eigenvalue weighted by Gasteiger charge is 2.31. The number of aromatic amines is 1. The molecule has 1 saturated heterocycles. The van der Waals surface area contributed by atoms with Crippen molar-refractivity contribution in [1.82, 2.24) is 20.5 Å². The van der Waals surface area contributed by atoms with Crippen molar-refractivity contribution in [3.05, 3.63) is 65.9 Å². The number of hydrogen-bond acceptors (Lipinski definition) is 5. The van der Waals surface area contributed by atoms with E-state index in [0.717, 1.165) is 85.3 Å². The fraction of sp³-hybridized carbons (Fsp3) is 0.419. The second-order valence-electron chi connectivity index (χ2n) is 11.5. The Kier molecular flexibility index (Phi) is 6.18. The van der Waals surface area contributed by atoms with Crippen molar-refractivity contribution >= 4 is 21.8 Å². The fourth-order valence-corrected chi connectivity index (χ4v) is 7.38. The molecule has 4 aromatic rings. The van der Waals surface area contributed by atoms with E-state index in [9.17, 15) is 4.21 Å². The van der Waals surface area contributed by atoms with Gasteiger partial charge in [0, 0.05) is 51.0 Å². The molecule has 3 atom stereocenters. The molecule has 7 heteroatoms. The first-order valence-electron chi connectivity index (χ1n) is 13.9. The van der Waals surface area contributed by atoms with E-state index in [1.54, 1.807) is 0 Å². The average molecular weight is 527 g/mol. The van der Waals surface area contributed by atoms with Gasteiger partial charge in [-0.1, -0.05) is 30.3 Å². The van der Waals surface area contributed by atoms with Crippen molar-refractivity contribution in [1.29, 1.82) is 0 Å². The standard InChI is InChI=1S/C31H34N4O2S/c1-31(33-25-12-15-37-19-25)13-10-20-2-3-22(16-23(20)11-14-31)24-17-28-29(34-35-30(28)32-18-24)21-4-6-26(7-5-21)38(36)27-8-9-27/h2-7,16-18,25,27,33H,8-15,19H2,1H3,(H,32,34,35). The first-order chi connectivity index (χ1) is 18.5. The summed E-state index contributed by atoms with van der Waals surface area (Å²) in [6, 6.07) is 17.7. The summed E-state index contributed by atoms with van der Waals surface area (Å²) in [5, 5.41) is 12.9. The van der Waals surface area contributed by atoms with Crippen molar-refractivity contribution in [3.63, 3.8) is 0 Å². The maximum atomic E-state index is 12.5. The van der Waals surface area contributed by atoms with Gasteiger partial charge in [-0.2, -0.15) is 5.10 Å². The molecule has 2 aliphatic carbocycles. The van der Waals surface area contributed by atoms with Crippen LogP contribution in [0.15, 0.2) is 59.6 Å². The Morgan fingerprint density at radius 2 is 1.76 bits per heavy atom. The molecule has 0 radical (unpaired) electrons. The molecular weight excluding hydrogens is 492 g/mol. The van der Waals surface area contributed by atoms with Crippen LogP contribution in [0.2, 0.25) is 0 Å². The minimum Gasteiger partial charge on any atom is -0.380 e. The van der Waals surface area contributed by atoms with E-state index >= 15 is 0 Å². The molecule has 6 nitrogen and oxygen atoms in total. The van der Waals surface area contributed by atoms with Crippen molar-refractivity contribution in [3.8, 4) is 22.4 Å². The number of ether oxygens (including phenoxy) is 1. The molecule has 2 aromatic carbocycles. The van der Waals surface area contributed by atoms with Crippen molar-refractivity contribution in [2.24, 2.45) is 0 Å². The summed E-state index contributed by atoms with van der Waals surface area (Å²) in [4.78, 5) is 5.59. The van der Waals surface area contributed by atoms with Crippen LogP contribution in [-0.2, 0) is 28.4 Å². The van der Waals surface area contributed by atoms with Crippen LogP contribution in [0.5, 0.6) is 0 Å². The second-order valence-corrected chi connectivity index (χ2v) is 13.2. The predicted molar refractivity (Wildman–Crippen MR) is 152 cm³/mol. The minimum absolute atomic E-state index is 0.143. The maximum Gasteiger partial charge on any atom is 0.181 e. The third-order valence-electron chi connectivity index (χ3n) is 8.53. The lowest BCUT2D eigenvalue weighted by Crippen LogP contribution is -2.48. The summed E-state index contributed by atoms with van der Waals surface area (Å²) in [5.74, 6) is 0. The topological polar surface area (TPSA) is 79.9 Å². The number of H-pyrrole nitrogens is 1. The molecule has 1 aliphatic heterocycles. The summed E-state index contributed by atoms with van der Waals surface area (Å²) >= 11 is 0. The normalized spacial score (nSPS) is 24.3. The molecule has 7 rings (SSSR count). The fourth-order valence-electron chi connectivity index (χ4n) is 6.02. The largest absolute Gasteiger partial charge is 0.380 e. The number of rotatable bonds is 6. The number of nitrogens with zero attached hydrogens (tertiary/aromatic N) is 2. The molecule has 3 heterocycles. The molecule has 0 spiro atoms. The molecule has 2 N–H and O–H groups in total. The van der Waals surface area contributed by atoms with Gasteiger partial charge in [0.15, 0.2) is 5.65 Å². The summed E-state index contributed by atoms with van der Waals surface area (Å²) in [6.45, 7) is 4.09. The Labute approximate surface area is 226 Å². The molecule has 1 saturated carbocycles. The zero-order chi connectivity index (χ0) is 25.7. The number of benzene rings is 2. The molecule has 2 aromatic heterocycles. The zero-order valence-electron chi connectivity index (χ0n) is 21.8. The zero-order valence-corrected chi connectivity index (χ0v) is 22.7. The van der Waals surface area contributed by atoms with Crippen LogP contribution in [-0.4, -0.2) is 49.4 Å². The van der Waals surface area contributed by atoms with Crippen LogP contribution in [0, 0.1) is 0 Å². The van der Waals surface area contributed by atoms with Gasteiger partial charge >= 0.3 is 0 Å². The van der Waals surface area contributed by atoms with Gasteiger partial charge in [-0.25, -0.2) is 4.98 Å². The van der Waals surface area contributed by atoms with E-state index in [1.807, 2.05) is 30.5 Å². The Morgan fingerprint density at radius 1 is 0.974 bits per heavy atom. The van der Waals surface area contributed by atoms with E-state index < -0.39 is 10.8 Å². The molecular formula is C31H34N4O2S. The third-order valence-corrected chi connectivity index (χ3v) is 10.3. The Balaban J connectivity index is 1.14. The van der Waals surface area contributed by atoms with E-state index in [1.165, 1.54) is 16.7 Å². The van der Waals surface area contributed by atoms with Gasteiger partial charge in [0.2, 0.25) is 0 Å². The molecule has 3 aliphatic rings. The SMILES string of the molecule is CC1(NC2CCOC2)CCc2ccc(-c3cnc4n[nH]c(-c5ccc(S(=O)C6CC6)cc5)c4c3)cc2CC1. The molecule has 0 amide bonds. The van der Waals surface area contributed by atoms with Crippen LogP contribution < -0.4 is 5.32 Å². The van der Waals surface area contributed by atoms with Crippen molar-refractivity contribution < 1.29 is 8.95 Å². The van der Waals surface area contributed by atoms with Gasteiger partial charge in [-0.15, -0.1) is 0 Å². The molecule has 196 valence electrons. The number of pyridine rings is 1. The van der Waals surface area contributed by atoms with Crippen LogP contribution in [0.1, 0.15) is 50.2 Å². The number of aromatic nitrogens is 3. The highest BCUT2D eigenvalue weighted by molar-refractivity contribution is 7.86. The van der Waals surface area contributed by atoms with E-state index in [-0.39, 0.29) is 5.54 Å². The van der Waals surface area contributed by atoms with Crippen LogP contribution in [0.4, 0.5) is 0 Å². The molecule has 38 heavy (non-hydrogen) atoms. The van der Waals surface area contributed by atoms with Crippen molar-refractivity contribution in [2.45, 2.75) is 73.6 Å². The number of hydrogen-bond donors (Lipinski definition) is 2. The summed E-state index contributed by atoms with van der Waals surface area (Å²) < 4.78 is 18.1. The Morgan fingerprint density at radius 3 is 2.53 bits per heavy atom. The van der Waals surface area contributed by atoms with Gasteiger partial charge < -0.3 is 10.1 Å². The summed E-state index contributed by atoms with van der Waals surface area (Å²) in [5.41, 5.74) is 8.04. The first kappa shape index (κ1) is 24.2. The summed E-state index contributed by atoms with van der Waals surface area (Å²) in [6.07, 6.45) is 9.63. The van der Waals surface area contributed by atoms with E-state index in [4.69, 9.17) is 4.74 Å². The monoisotopic (exact) mass is 526 g/mol. The molecule has 3 unspecified atom stereocenters. The first-order valence-corrected chi connectivity index (χ1v) is 15.1. The third kappa shape index (κ3) is 4.72.